The van der Waals surface area contributed by atoms with Crippen molar-refractivity contribution in [1.82, 2.24) is 9.88 Å². The number of benzene rings is 1. The smallest absolute Gasteiger partial charge is 0.221 e. The molecule has 4 heteroatoms. The average molecular weight is 271 g/mol. The molecule has 4 nitrogen and oxygen atoms in total. The van der Waals surface area contributed by atoms with Crippen LogP contribution in [0.5, 0.6) is 0 Å². The largest absolute Gasteiger partial charge is 0.369 e. The third-order valence-electron chi connectivity index (χ3n) is 4.38. The molecule has 1 aliphatic rings. The van der Waals surface area contributed by atoms with Gasteiger partial charge in [0.15, 0.2) is 0 Å². The van der Waals surface area contributed by atoms with Crippen molar-refractivity contribution in [3.05, 3.63) is 35.5 Å². The minimum Gasteiger partial charge on any atom is -0.369 e. The third kappa shape index (κ3) is 2.20. The molecule has 0 fully saturated rings. The number of amides is 1. The standard InChI is InChI=1S/C16H21N3O/c1-10(16(17)20)8-19-9-15-13(7-11(19)2)12-5-3-4-6-14(12)18-15/h3-6,10-11,18H,7-9H2,1-2H3,(H2,17,20)/t10-,11-/m1/s1. The zero-order chi connectivity index (χ0) is 14.3. The van der Waals surface area contributed by atoms with Crippen molar-refractivity contribution in [3.63, 3.8) is 0 Å². The summed E-state index contributed by atoms with van der Waals surface area (Å²) < 4.78 is 0. The number of carbonyl (C=O) groups is 1. The van der Waals surface area contributed by atoms with Crippen molar-refractivity contribution in [1.29, 1.82) is 0 Å². The summed E-state index contributed by atoms with van der Waals surface area (Å²) in [7, 11) is 0. The average Bonchev–Trinajstić information content (AvgIpc) is 2.76. The zero-order valence-electron chi connectivity index (χ0n) is 12.0. The molecule has 2 heterocycles. The molecule has 1 aromatic heterocycles. The van der Waals surface area contributed by atoms with Gasteiger partial charge in [0.1, 0.15) is 0 Å². The fourth-order valence-electron chi connectivity index (χ4n) is 3.09. The summed E-state index contributed by atoms with van der Waals surface area (Å²) in [6, 6.07) is 8.88. The van der Waals surface area contributed by atoms with E-state index in [1.807, 2.05) is 6.92 Å². The number of fused-ring (bicyclic) bond motifs is 3. The molecular formula is C16H21N3O. The van der Waals surface area contributed by atoms with E-state index in [4.69, 9.17) is 5.73 Å². The molecule has 0 bridgehead atoms. The van der Waals surface area contributed by atoms with Gasteiger partial charge in [-0.1, -0.05) is 25.1 Å². The molecule has 2 atom stereocenters. The van der Waals surface area contributed by atoms with E-state index in [0.29, 0.717) is 6.04 Å². The molecule has 0 unspecified atom stereocenters. The Morgan fingerprint density at radius 3 is 3.00 bits per heavy atom. The lowest BCUT2D eigenvalue weighted by Gasteiger charge is -2.34. The third-order valence-corrected chi connectivity index (χ3v) is 4.38. The lowest BCUT2D eigenvalue weighted by Crippen LogP contribution is -2.43. The Bertz CT molecular complexity index is 646. The van der Waals surface area contributed by atoms with Crippen LogP contribution in [0.3, 0.4) is 0 Å². The fourth-order valence-corrected chi connectivity index (χ4v) is 3.09. The van der Waals surface area contributed by atoms with Gasteiger partial charge < -0.3 is 10.7 Å². The zero-order valence-corrected chi connectivity index (χ0v) is 12.0. The van der Waals surface area contributed by atoms with Gasteiger partial charge in [-0.05, 0) is 25.0 Å². The van der Waals surface area contributed by atoms with Gasteiger partial charge in [0.25, 0.3) is 0 Å². The van der Waals surface area contributed by atoms with Crippen LogP contribution in [0.2, 0.25) is 0 Å². The van der Waals surface area contributed by atoms with Crippen molar-refractivity contribution in [2.75, 3.05) is 6.54 Å². The first-order valence-corrected chi connectivity index (χ1v) is 7.18. The van der Waals surface area contributed by atoms with Crippen LogP contribution in [0, 0.1) is 5.92 Å². The van der Waals surface area contributed by atoms with Gasteiger partial charge in [-0.15, -0.1) is 0 Å². The highest BCUT2D eigenvalue weighted by atomic mass is 16.1. The van der Waals surface area contributed by atoms with Gasteiger partial charge in [0.05, 0.1) is 0 Å². The first-order valence-electron chi connectivity index (χ1n) is 7.18. The maximum absolute atomic E-state index is 11.3. The van der Waals surface area contributed by atoms with Crippen molar-refractivity contribution < 1.29 is 4.79 Å². The number of nitrogens with two attached hydrogens (primary N) is 1. The predicted octanol–water partition coefficient (Wildman–Crippen LogP) is 2.04. The molecule has 1 amide bonds. The summed E-state index contributed by atoms with van der Waals surface area (Å²) >= 11 is 0. The van der Waals surface area contributed by atoms with Crippen molar-refractivity contribution in [3.8, 4) is 0 Å². The summed E-state index contributed by atoms with van der Waals surface area (Å²) in [6.07, 6.45) is 1.02. The number of hydrogen-bond acceptors (Lipinski definition) is 2. The molecule has 0 spiro atoms. The number of hydrogen-bond donors (Lipinski definition) is 2. The molecule has 1 aliphatic heterocycles. The summed E-state index contributed by atoms with van der Waals surface area (Å²) in [5, 5.41) is 1.33. The Morgan fingerprint density at radius 1 is 1.50 bits per heavy atom. The number of aromatic nitrogens is 1. The number of carbonyl (C=O) groups excluding carboxylic acids is 1. The van der Waals surface area contributed by atoms with E-state index in [0.717, 1.165) is 19.5 Å². The number of primary amides is 1. The van der Waals surface area contributed by atoms with E-state index in [2.05, 4.69) is 41.1 Å². The van der Waals surface area contributed by atoms with Gasteiger partial charge in [-0.3, -0.25) is 9.69 Å². The lowest BCUT2D eigenvalue weighted by atomic mass is 9.96. The van der Waals surface area contributed by atoms with E-state index in [-0.39, 0.29) is 11.8 Å². The Morgan fingerprint density at radius 2 is 2.25 bits per heavy atom. The second kappa shape index (κ2) is 4.94. The highest BCUT2D eigenvalue weighted by Gasteiger charge is 2.27. The highest BCUT2D eigenvalue weighted by Crippen LogP contribution is 2.30. The maximum atomic E-state index is 11.3. The fraction of sp³-hybridized carbons (Fsp3) is 0.438. The quantitative estimate of drug-likeness (QED) is 0.897. The second-order valence-electron chi connectivity index (χ2n) is 5.91. The molecule has 20 heavy (non-hydrogen) atoms. The molecule has 3 N–H and O–H groups in total. The van der Waals surface area contributed by atoms with Crippen molar-refractivity contribution >= 4 is 16.8 Å². The molecule has 0 saturated heterocycles. The van der Waals surface area contributed by atoms with Gasteiger partial charge >= 0.3 is 0 Å². The van der Waals surface area contributed by atoms with E-state index < -0.39 is 0 Å². The summed E-state index contributed by atoms with van der Waals surface area (Å²) in [5.41, 5.74) is 9.29. The Labute approximate surface area is 118 Å². The number of para-hydroxylation sites is 1. The molecule has 0 saturated carbocycles. The molecular weight excluding hydrogens is 250 g/mol. The number of nitrogens with zero attached hydrogens (tertiary/aromatic N) is 1. The van der Waals surface area contributed by atoms with Gasteiger partial charge in [-0.25, -0.2) is 0 Å². The minimum absolute atomic E-state index is 0.108. The number of aromatic amines is 1. The molecule has 0 radical (unpaired) electrons. The van der Waals surface area contributed by atoms with Gasteiger partial charge in [0.2, 0.25) is 5.91 Å². The second-order valence-corrected chi connectivity index (χ2v) is 5.91. The highest BCUT2D eigenvalue weighted by molar-refractivity contribution is 5.85. The predicted molar refractivity (Wildman–Crippen MR) is 80.2 cm³/mol. The monoisotopic (exact) mass is 271 g/mol. The Balaban J connectivity index is 1.88. The summed E-state index contributed by atoms with van der Waals surface area (Å²) in [4.78, 5) is 17.1. The first-order chi connectivity index (χ1) is 9.56. The van der Waals surface area contributed by atoms with Crippen LogP contribution in [0.1, 0.15) is 25.1 Å². The number of nitrogens with one attached hydrogen (secondary N) is 1. The molecule has 1 aromatic carbocycles. The van der Waals surface area contributed by atoms with Gasteiger partial charge in [-0.2, -0.15) is 0 Å². The molecule has 3 rings (SSSR count). The van der Waals surface area contributed by atoms with Crippen LogP contribution in [-0.4, -0.2) is 28.4 Å². The van der Waals surface area contributed by atoms with E-state index >= 15 is 0 Å². The topological polar surface area (TPSA) is 62.1 Å². The number of H-pyrrole nitrogens is 1. The Kier molecular flexibility index (Phi) is 3.26. The SMILES string of the molecule is C[C@H](CN1Cc2[nH]c3ccccc3c2C[C@H]1C)C(N)=O. The van der Waals surface area contributed by atoms with Crippen LogP contribution >= 0.6 is 0 Å². The minimum atomic E-state index is -0.223. The van der Waals surface area contributed by atoms with Crippen LogP contribution in [0.4, 0.5) is 0 Å². The number of rotatable bonds is 3. The van der Waals surface area contributed by atoms with E-state index in [1.165, 1.54) is 22.2 Å². The van der Waals surface area contributed by atoms with Gasteiger partial charge in [0, 0.05) is 41.6 Å². The summed E-state index contributed by atoms with van der Waals surface area (Å²) in [5.74, 6) is -0.331. The molecule has 0 aliphatic carbocycles. The lowest BCUT2D eigenvalue weighted by molar-refractivity contribution is -0.122. The maximum Gasteiger partial charge on any atom is 0.221 e. The van der Waals surface area contributed by atoms with Crippen molar-refractivity contribution in [2.45, 2.75) is 32.9 Å². The summed E-state index contributed by atoms with van der Waals surface area (Å²) in [6.45, 7) is 5.71. The van der Waals surface area contributed by atoms with Crippen molar-refractivity contribution in [2.24, 2.45) is 11.7 Å². The first kappa shape index (κ1) is 13.2. The van der Waals surface area contributed by atoms with Crippen LogP contribution < -0.4 is 5.73 Å². The Hall–Kier alpha value is -1.81. The molecule has 106 valence electrons. The van der Waals surface area contributed by atoms with E-state index in [9.17, 15) is 4.79 Å². The van der Waals surface area contributed by atoms with E-state index in [1.54, 1.807) is 0 Å². The van der Waals surface area contributed by atoms with Crippen LogP contribution in [0.15, 0.2) is 24.3 Å². The molecule has 2 aromatic rings. The normalized spacial score (nSPS) is 20.8. The van der Waals surface area contributed by atoms with Crippen LogP contribution in [0.25, 0.3) is 10.9 Å². The van der Waals surface area contributed by atoms with Crippen LogP contribution in [-0.2, 0) is 17.8 Å².